The van der Waals surface area contributed by atoms with Crippen molar-refractivity contribution in [2.75, 3.05) is 6.54 Å². The number of esters is 1. The number of hydrogen-bond donors (Lipinski definition) is 0. The highest BCUT2D eigenvalue weighted by atomic mass is 35.5. The maximum Gasteiger partial charge on any atom is 0.324 e. The summed E-state index contributed by atoms with van der Waals surface area (Å²) >= 11 is 12.2. The van der Waals surface area contributed by atoms with Gasteiger partial charge in [-0.3, -0.25) is 9.69 Å². The van der Waals surface area contributed by atoms with Crippen molar-refractivity contribution >= 4 is 29.2 Å². The molecule has 0 N–H and O–H groups in total. The molecule has 1 saturated carbocycles. The van der Waals surface area contributed by atoms with Gasteiger partial charge in [0, 0.05) is 12.6 Å². The molecule has 0 aromatic carbocycles. The van der Waals surface area contributed by atoms with Crippen molar-refractivity contribution in [2.45, 2.75) is 58.7 Å². The van der Waals surface area contributed by atoms with E-state index in [1.54, 1.807) is 0 Å². The van der Waals surface area contributed by atoms with Crippen LogP contribution in [0.4, 0.5) is 0 Å². The molecule has 138 valence electrons. The van der Waals surface area contributed by atoms with E-state index in [9.17, 15) is 4.79 Å². The first-order valence-corrected chi connectivity index (χ1v) is 9.64. The predicted octanol–water partition coefficient (Wildman–Crippen LogP) is 4.75. The van der Waals surface area contributed by atoms with Crippen molar-refractivity contribution in [1.82, 2.24) is 9.88 Å². The van der Waals surface area contributed by atoms with Crippen LogP contribution < -0.4 is 0 Å². The third-order valence-electron chi connectivity index (χ3n) is 4.95. The standard InChI is InChI=1S/C19H26Cl2N2O2/c1-10(2)16(18(24)25-19(3,4)5)23-9-12-6-13(12)17(23)11-7-14(20)22-15(21)8-11/h7-8,10,12-13,16-17H,6,9H2,1-5H3/t12-,13-,16-,17-/m0/s1. The van der Waals surface area contributed by atoms with E-state index in [2.05, 4.69) is 23.7 Å². The predicted molar refractivity (Wildman–Crippen MR) is 99.8 cm³/mol. The molecule has 4 atom stereocenters. The van der Waals surface area contributed by atoms with Gasteiger partial charge in [0.15, 0.2) is 0 Å². The average molecular weight is 385 g/mol. The third-order valence-corrected chi connectivity index (χ3v) is 5.34. The Bertz CT molecular complexity index is 652. The lowest BCUT2D eigenvalue weighted by atomic mass is 9.97. The molecule has 0 spiro atoms. The van der Waals surface area contributed by atoms with Gasteiger partial charge in [-0.1, -0.05) is 37.0 Å². The van der Waals surface area contributed by atoms with E-state index in [1.807, 2.05) is 32.9 Å². The van der Waals surface area contributed by atoms with Crippen LogP contribution in [0.25, 0.3) is 0 Å². The molecular formula is C19H26Cl2N2O2. The lowest BCUT2D eigenvalue weighted by Gasteiger charge is -2.37. The van der Waals surface area contributed by atoms with E-state index in [-0.39, 0.29) is 24.0 Å². The van der Waals surface area contributed by atoms with Crippen LogP contribution >= 0.6 is 23.2 Å². The third kappa shape index (κ3) is 4.12. The zero-order valence-corrected chi connectivity index (χ0v) is 16.9. The molecule has 0 bridgehead atoms. The van der Waals surface area contributed by atoms with E-state index in [0.29, 0.717) is 22.1 Å². The first-order valence-electron chi connectivity index (χ1n) is 8.88. The largest absolute Gasteiger partial charge is 0.459 e. The van der Waals surface area contributed by atoms with E-state index in [4.69, 9.17) is 27.9 Å². The van der Waals surface area contributed by atoms with Crippen molar-refractivity contribution in [3.05, 3.63) is 28.0 Å². The minimum atomic E-state index is -0.494. The van der Waals surface area contributed by atoms with Crippen LogP contribution in [0.2, 0.25) is 10.3 Å². The van der Waals surface area contributed by atoms with E-state index in [1.165, 1.54) is 6.42 Å². The molecule has 1 aromatic heterocycles. The Balaban J connectivity index is 1.91. The Hall–Kier alpha value is -0.840. The maximum atomic E-state index is 12.9. The summed E-state index contributed by atoms with van der Waals surface area (Å²) in [7, 11) is 0. The first-order chi connectivity index (χ1) is 11.6. The molecular weight excluding hydrogens is 359 g/mol. The summed E-state index contributed by atoms with van der Waals surface area (Å²) in [5.74, 6) is 1.19. The Morgan fingerprint density at radius 3 is 2.40 bits per heavy atom. The molecule has 1 aliphatic carbocycles. The molecule has 3 rings (SSSR count). The van der Waals surface area contributed by atoms with Gasteiger partial charge in [-0.15, -0.1) is 0 Å². The lowest BCUT2D eigenvalue weighted by Crippen LogP contribution is -2.48. The Labute approximate surface area is 159 Å². The molecule has 2 aliphatic rings. The van der Waals surface area contributed by atoms with Gasteiger partial charge in [0.1, 0.15) is 21.9 Å². The molecule has 2 heterocycles. The van der Waals surface area contributed by atoms with Crippen LogP contribution in [0.1, 0.15) is 52.6 Å². The molecule has 0 unspecified atom stereocenters. The zero-order valence-electron chi connectivity index (χ0n) is 15.4. The van der Waals surface area contributed by atoms with Crippen molar-refractivity contribution in [2.24, 2.45) is 17.8 Å². The van der Waals surface area contributed by atoms with Crippen LogP contribution in [0.5, 0.6) is 0 Å². The summed E-state index contributed by atoms with van der Waals surface area (Å²) in [5, 5.41) is 0.787. The molecule has 1 aliphatic heterocycles. The molecule has 1 aromatic rings. The molecule has 4 nitrogen and oxygen atoms in total. The lowest BCUT2D eigenvalue weighted by molar-refractivity contribution is -0.164. The smallest absolute Gasteiger partial charge is 0.324 e. The normalized spacial score (nSPS) is 27.3. The van der Waals surface area contributed by atoms with Crippen molar-refractivity contribution < 1.29 is 9.53 Å². The van der Waals surface area contributed by atoms with Gasteiger partial charge in [0.2, 0.25) is 0 Å². The number of carbonyl (C=O) groups is 1. The fourth-order valence-electron chi connectivity index (χ4n) is 4.03. The second kappa shape index (κ2) is 6.71. The topological polar surface area (TPSA) is 42.4 Å². The number of fused-ring (bicyclic) bond motifs is 1. The minimum absolute atomic E-state index is 0.142. The number of halogens is 2. The summed E-state index contributed by atoms with van der Waals surface area (Å²) < 4.78 is 5.71. The van der Waals surface area contributed by atoms with Gasteiger partial charge in [0.05, 0.1) is 0 Å². The van der Waals surface area contributed by atoms with Crippen LogP contribution in [0.3, 0.4) is 0 Å². The number of rotatable bonds is 4. The van der Waals surface area contributed by atoms with E-state index >= 15 is 0 Å². The van der Waals surface area contributed by atoms with Gasteiger partial charge < -0.3 is 4.74 Å². The fraction of sp³-hybridized carbons (Fsp3) is 0.684. The highest BCUT2D eigenvalue weighted by molar-refractivity contribution is 6.32. The number of hydrogen-bond acceptors (Lipinski definition) is 4. The number of carbonyl (C=O) groups excluding carboxylic acids is 1. The second-order valence-corrected chi connectivity index (χ2v) is 9.34. The fourth-order valence-corrected chi connectivity index (χ4v) is 4.51. The first kappa shape index (κ1) is 18.9. The monoisotopic (exact) mass is 384 g/mol. The van der Waals surface area contributed by atoms with Crippen molar-refractivity contribution in [1.29, 1.82) is 0 Å². The Morgan fingerprint density at radius 1 is 1.28 bits per heavy atom. The average Bonchev–Trinajstić information content (AvgIpc) is 3.06. The number of ether oxygens (including phenoxy) is 1. The molecule has 6 heteroatoms. The van der Waals surface area contributed by atoms with E-state index in [0.717, 1.165) is 12.1 Å². The quantitative estimate of drug-likeness (QED) is 0.554. The van der Waals surface area contributed by atoms with Gasteiger partial charge >= 0.3 is 5.97 Å². The summed E-state index contributed by atoms with van der Waals surface area (Å²) in [6, 6.07) is 3.61. The van der Waals surface area contributed by atoms with Gasteiger partial charge in [0.25, 0.3) is 0 Å². The second-order valence-electron chi connectivity index (χ2n) is 8.57. The summed E-state index contributed by atoms with van der Waals surface area (Å²) in [6.45, 7) is 10.8. The number of pyridine rings is 1. The van der Waals surface area contributed by atoms with Gasteiger partial charge in [-0.05, 0) is 62.6 Å². The van der Waals surface area contributed by atoms with E-state index < -0.39 is 5.60 Å². The number of piperidine rings is 1. The number of aromatic nitrogens is 1. The number of nitrogens with zero attached hydrogens (tertiary/aromatic N) is 2. The zero-order chi connectivity index (χ0) is 18.5. The molecule has 0 radical (unpaired) electrons. The summed E-state index contributed by atoms with van der Waals surface area (Å²) in [5.41, 5.74) is 0.551. The van der Waals surface area contributed by atoms with Crippen LogP contribution in [-0.4, -0.2) is 34.0 Å². The van der Waals surface area contributed by atoms with Gasteiger partial charge in [-0.2, -0.15) is 0 Å². The summed E-state index contributed by atoms with van der Waals surface area (Å²) in [6.07, 6.45) is 1.19. The van der Waals surface area contributed by atoms with Crippen molar-refractivity contribution in [3.63, 3.8) is 0 Å². The Morgan fingerprint density at radius 2 is 1.88 bits per heavy atom. The minimum Gasteiger partial charge on any atom is -0.459 e. The molecule has 25 heavy (non-hydrogen) atoms. The summed E-state index contributed by atoms with van der Waals surface area (Å²) in [4.78, 5) is 19.2. The maximum absolute atomic E-state index is 12.9. The van der Waals surface area contributed by atoms with Gasteiger partial charge in [-0.25, -0.2) is 4.98 Å². The highest BCUT2D eigenvalue weighted by Gasteiger charge is 2.56. The van der Waals surface area contributed by atoms with Crippen LogP contribution in [0.15, 0.2) is 12.1 Å². The molecule has 2 fully saturated rings. The van der Waals surface area contributed by atoms with Crippen LogP contribution in [0, 0.1) is 17.8 Å². The highest BCUT2D eigenvalue weighted by Crippen LogP contribution is 2.57. The Kier molecular flexibility index (Phi) is 5.08. The SMILES string of the molecule is CC(C)[C@@H](C(=O)OC(C)(C)C)N1C[C@@H]2C[C@@H]2[C@@H]1c1cc(Cl)nc(Cl)c1. The van der Waals surface area contributed by atoms with Crippen molar-refractivity contribution in [3.8, 4) is 0 Å². The molecule has 1 saturated heterocycles. The number of likely N-dealkylation sites (tertiary alicyclic amines) is 1. The molecule has 0 amide bonds. The van der Waals surface area contributed by atoms with Crippen LogP contribution in [-0.2, 0) is 9.53 Å².